The molecule has 1 fully saturated rings. The van der Waals surface area contributed by atoms with Gasteiger partial charge in [-0.25, -0.2) is 0 Å². The Kier molecular flexibility index (Phi) is 1.44. The molecule has 1 N–H and O–H groups in total. The highest BCUT2D eigenvalue weighted by Gasteiger charge is 2.31. The van der Waals surface area contributed by atoms with Crippen molar-refractivity contribution in [2.45, 2.75) is 32.1 Å². The molecule has 0 spiro atoms. The van der Waals surface area contributed by atoms with Gasteiger partial charge in [-0.2, -0.15) is 0 Å². The predicted molar refractivity (Wildman–Crippen MR) is 40.8 cm³/mol. The zero-order valence-corrected chi connectivity index (χ0v) is 6.21. The lowest BCUT2D eigenvalue weighted by molar-refractivity contribution is 0.229. The molecule has 0 heterocycles. The Morgan fingerprint density at radius 2 is 2.10 bits per heavy atom. The van der Waals surface area contributed by atoms with E-state index in [0.29, 0.717) is 11.7 Å². The summed E-state index contributed by atoms with van der Waals surface area (Å²) in [6.45, 7) is 0. The van der Waals surface area contributed by atoms with Crippen molar-refractivity contribution >= 4 is 0 Å². The van der Waals surface area contributed by atoms with E-state index >= 15 is 0 Å². The van der Waals surface area contributed by atoms with Gasteiger partial charge in [0.05, 0.1) is 5.76 Å². The van der Waals surface area contributed by atoms with Crippen LogP contribution in [0, 0.1) is 11.8 Å². The van der Waals surface area contributed by atoms with Crippen molar-refractivity contribution in [2.24, 2.45) is 11.8 Å². The molecule has 2 rings (SSSR count). The SMILES string of the molecule is OC1=CC[C@H]2CCCC[C@H]12. The molecular weight excluding hydrogens is 124 g/mol. The highest BCUT2D eigenvalue weighted by Crippen LogP contribution is 2.40. The van der Waals surface area contributed by atoms with Crippen LogP contribution in [0.2, 0.25) is 0 Å². The molecule has 0 bridgehead atoms. The van der Waals surface area contributed by atoms with Crippen LogP contribution < -0.4 is 0 Å². The lowest BCUT2D eigenvalue weighted by Gasteiger charge is -2.25. The Labute approximate surface area is 61.8 Å². The Morgan fingerprint density at radius 3 is 2.90 bits per heavy atom. The summed E-state index contributed by atoms with van der Waals surface area (Å²) in [5.41, 5.74) is 0. The van der Waals surface area contributed by atoms with Gasteiger partial charge in [0, 0.05) is 5.92 Å². The third-order valence-electron chi connectivity index (χ3n) is 2.92. The molecule has 0 aromatic heterocycles. The van der Waals surface area contributed by atoms with Crippen LogP contribution in [-0.2, 0) is 0 Å². The first kappa shape index (κ1) is 6.26. The van der Waals surface area contributed by atoms with Gasteiger partial charge in [0.25, 0.3) is 0 Å². The second-order valence-electron chi connectivity index (χ2n) is 3.52. The second-order valence-corrected chi connectivity index (χ2v) is 3.52. The fourth-order valence-electron chi connectivity index (χ4n) is 2.30. The maximum absolute atomic E-state index is 9.39. The number of fused-ring (bicyclic) bond motifs is 1. The molecule has 1 saturated carbocycles. The molecule has 0 aliphatic heterocycles. The third kappa shape index (κ3) is 0.845. The lowest BCUT2D eigenvalue weighted by Crippen LogP contribution is -2.15. The maximum Gasteiger partial charge on any atom is 0.0916 e. The summed E-state index contributed by atoms with van der Waals surface area (Å²) in [4.78, 5) is 0. The van der Waals surface area contributed by atoms with Gasteiger partial charge < -0.3 is 5.11 Å². The molecule has 0 amide bonds. The largest absolute Gasteiger partial charge is 0.512 e. The van der Waals surface area contributed by atoms with Crippen LogP contribution in [0.3, 0.4) is 0 Å². The molecule has 0 aromatic rings. The van der Waals surface area contributed by atoms with Gasteiger partial charge in [-0.15, -0.1) is 0 Å². The first-order valence-electron chi connectivity index (χ1n) is 4.27. The summed E-state index contributed by atoms with van der Waals surface area (Å²) in [5.74, 6) is 2.03. The summed E-state index contributed by atoms with van der Waals surface area (Å²) in [6.07, 6.45) is 8.41. The van der Waals surface area contributed by atoms with Crippen molar-refractivity contribution in [1.82, 2.24) is 0 Å². The Morgan fingerprint density at radius 1 is 1.30 bits per heavy atom. The van der Waals surface area contributed by atoms with Crippen molar-refractivity contribution in [3.63, 3.8) is 0 Å². The zero-order chi connectivity index (χ0) is 6.97. The van der Waals surface area contributed by atoms with Crippen LogP contribution >= 0.6 is 0 Å². The zero-order valence-electron chi connectivity index (χ0n) is 6.21. The highest BCUT2D eigenvalue weighted by atomic mass is 16.3. The summed E-state index contributed by atoms with van der Waals surface area (Å²) in [6, 6.07) is 0. The molecule has 56 valence electrons. The number of hydrogen-bond donors (Lipinski definition) is 1. The lowest BCUT2D eigenvalue weighted by atomic mass is 9.81. The quantitative estimate of drug-likeness (QED) is 0.545. The van der Waals surface area contributed by atoms with E-state index < -0.39 is 0 Å². The van der Waals surface area contributed by atoms with Crippen molar-refractivity contribution in [1.29, 1.82) is 0 Å². The summed E-state index contributed by atoms with van der Waals surface area (Å²) in [5, 5.41) is 9.39. The van der Waals surface area contributed by atoms with E-state index in [4.69, 9.17) is 0 Å². The van der Waals surface area contributed by atoms with Crippen LogP contribution in [0.4, 0.5) is 0 Å². The molecule has 2 aliphatic rings. The fraction of sp³-hybridized carbons (Fsp3) is 0.778. The molecule has 1 nitrogen and oxygen atoms in total. The topological polar surface area (TPSA) is 20.2 Å². The number of aliphatic hydroxyl groups excluding tert-OH is 1. The van der Waals surface area contributed by atoms with E-state index in [0.717, 1.165) is 12.3 Å². The number of hydrogen-bond acceptors (Lipinski definition) is 1. The molecular formula is C9H14O. The first-order valence-corrected chi connectivity index (χ1v) is 4.27. The van der Waals surface area contributed by atoms with E-state index in [-0.39, 0.29) is 0 Å². The average molecular weight is 138 g/mol. The van der Waals surface area contributed by atoms with Gasteiger partial charge >= 0.3 is 0 Å². The first-order chi connectivity index (χ1) is 4.88. The van der Waals surface area contributed by atoms with E-state index in [1.54, 1.807) is 0 Å². The molecule has 0 saturated heterocycles. The molecule has 1 heteroatoms. The molecule has 10 heavy (non-hydrogen) atoms. The van der Waals surface area contributed by atoms with Crippen LogP contribution in [0.25, 0.3) is 0 Å². The van der Waals surface area contributed by atoms with E-state index in [1.165, 1.54) is 25.7 Å². The summed E-state index contributed by atoms with van der Waals surface area (Å²) >= 11 is 0. The van der Waals surface area contributed by atoms with Gasteiger partial charge in [0.15, 0.2) is 0 Å². The normalized spacial score (nSPS) is 39.0. The van der Waals surface area contributed by atoms with Crippen LogP contribution in [0.15, 0.2) is 11.8 Å². The summed E-state index contributed by atoms with van der Waals surface area (Å²) in [7, 11) is 0. The number of allylic oxidation sites excluding steroid dienone is 2. The van der Waals surface area contributed by atoms with E-state index in [1.807, 2.05) is 6.08 Å². The van der Waals surface area contributed by atoms with Gasteiger partial charge in [-0.05, 0) is 31.3 Å². The van der Waals surface area contributed by atoms with Gasteiger partial charge in [0.2, 0.25) is 0 Å². The van der Waals surface area contributed by atoms with E-state index in [9.17, 15) is 5.11 Å². The van der Waals surface area contributed by atoms with Crippen molar-refractivity contribution < 1.29 is 5.11 Å². The predicted octanol–water partition coefficient (Wildman–Crippen LogP) is 2.64. The van der Waals surface area contributed by atoms with Crippen molar-refractivity contribution in [3.05, 3.63) is 11.8 Å². The second kappa shape index (κ2) is 2.30. The molecule has 0 radical (unpaired) electrons. The minimum absolute atomic E-state index is 0.550. The van der Waals surface area contributed by atoms with E-state index in [2.05, 4.69) is 0 Å². The molecule has 2 atom stereocenters. The fourth-order valence-corrected chi connectivity index (χ4v) is 2.30. The smallest absolute Gasteiger partial charge is 0.0916 e. The van der Waals surface area contributed by atoms with Gasteiger partial charge in [0.1, 0.15) is 0 Å². The minimum atomic E-state index is 0.550. The number of rotatable bonds is 0. The van der Waals surface area contributed by atoms with Crippen molar-refractivity contribution in [3.8, 4) is 0 Å². The third-order valence-corrected chi connectivity index (χ3v) is 2.92. The molecule has 0 unspecified atom stereocenters. The maximum atomic E-state index is 9.39. The standard InChI is InChI=1S/C9H14O/c10-9-6-5-7-3-1-2-4-8(7)9/h6-8,10H,1-5H2/t7-,8+/m1/s1. The molecule has 0 aromatic carbocycles. The van der Waals surface area contributed by atoms with Crippen LogP contribution in [0.5, 0.6) is 0 Å². The number of aliphatic hydroxyl groups is 1. The highest BCUT2D eigenvalue weighted by molar-refractivity contribution is 5.08. The van der Waals surface area contributed by atoms with Crippen LogP contribution in [0.1, 0.15) is 32.1 Å². The Bertz CT molecular complexity index is 160. The Hall–Kier alpha value is -0.460. The van der Waals surface area contributed by atoms with Gasteiger partial charge in [-0.1, -0.05) is 12.8 Å². The average Bonchev–Trinajstić information content (AvgIpc) is 2.34. The van der Waals surface area contributed by atoms with Crippen LogP contribution in [-0.4, -0.2) is 5.11 Å². The minimum Gasteiger partial charge on any atom is -0.512 e. The van der Waals surface area contributed by atoms with Gasteiger partial charge in [-0.3, -0.25) is 0 Å². The Balaban J connectivity index is 2.08. The molecule has 2 aliphatic carbocycles. The summed E-state index contributed by atoms with van der Waals surface area (Å²) < 4.78 is 0. The monoisotopic (exact) mass is 138 g/mol. The van der Waals surface area contributed by atoms with Crippen molar-refractivity contribution in [2.75, 3.05) is 0 Å².